The van der Waals surface area contributed by atoms with E-state index in [-0.39, 0.29) is 5.91 Å². The molecule has 1 fully saturated rings. The first-order chi connectivity index (χ1) is 12.5. The van der Waals surface area contributed by atoms with E-state index in [2.05, 4.69) is 15.0 Å². The zero-order valence-electron chi connectivity index (χ0n) is 15.4. The molecule has 1 atom stereocenters. The van der Waals surface area contributed by atoms with Crippen LogP contribution in [0.2, 0.25) is 0 Å². The maximum absolute atomic E-state index is 12.5. The molecule has 0 aliphatic carbocycles. The standard InChI is InChI=1S/C18H26N6O2/c1-3-15-21-8-11-23(15)9-4-17(25)22(2)13-18(26)5-10-24(14-18)16-12-19-6-7-20-16/h6-8,11-12,26H,3-5,9-10,13-14H2,1-2H3/t18-/m0/s1. The summed E-state index contributed by atoms with van der Waals surface area (Å²) in [6, 6.07) is 0. The first kappa shape index (κ1) is 18.3. The third-order valence-electron chi connectivity index (χ3n) is 4.85. The van der Waals surface area contributed by atoms with Crippen LogP contribution in [0.4, 0.5) is 5.82 Å². The Balaban J connectivity index is 1.52. The van der Waals surface area contributed by atoms with Gasteiger partial charge in [-0.2, -0.15) is 0 Å². The van der Waals surface area contributed by atoms with Gasteiger partial charge in [-0.1, -0.05) is 6.92 Å². The fraction of sp³-hybridized carbons (Fsp3) is 0.556. The van der Waals surface area contributed by atoms with E-state index in [4.69, 9.17) is 0 Å². The second kappa shape index (κ2) is 7.82. The van der Waals surface area contributed by atoms with Crippen LogP contribution in [0.1, 0.15) is 25.6 Å². The van der Waals surface area contributed by atoms with Gasteiger partial charge in [0.15, 0.2) is 0 Å². The van der Waals surface area contributed by atoms with Crippen LogP contribution in [0.5, 0.6) is 0 Å². The summed E-state index contributed by atoms with van der Waals surface area (Å²) < 4.78 is 2.01. The molecule has 1 aliphatic rings. The molecule has 0 aromatic carbocycles. The van der Waals surface area contributed by atoms with Gasteiger partial charge in [0.2, 0.25) is 5.91 Å². The quantitative estimate of drug-likeness (QED) is 0.785. The molecule has 2 aromatic heterocycles. The molecule has 1 N–H and O–H groups in total. The highest BCUT2D eigenvalue weighted by molar-refractivity contribution is 5.75. The number of aromatic nitrogens is 4. The van der Waals surface area contributed by atoms with Crippen LogP contribution in [0.25, 0.3) is 0 Å². The van der Waals surface area contributed by atoms with E-state index in [1.165, 1.54) is 0 Å². The zero-order valence-corrected chi connectivity index (χ0v) is 15.4. The van der Waals surface area contributed by atoms with Crippen LogP contribution in [0.3, 0.4) is 0 Å². The minimum Gasteiger partial charge on any atom is -0.386 e. The Labute approximate surface area is 153 Å². The summed E-state index contributed by atoms with van der Waals surface area (Å²) in [5.74, 6) is 1.76. The van der Waals surface area contributed by atoms with E-state index in [1.54, 1.807) is 36.7 Å². The lowest BCUT2D eigenvalue weighted by atomic mass is 10.0. The molecule has 0 bridgehead atoms. The summed E-state index contributed by atoms with van der Waals surface area (Å²) in [5, 5.41) is 10.9. The Kier molecular flexibility index (Phi) is 5.51. The summed E-state index contributed by atoms with van der Waals surface area (Å²) in [7, 11) is 1.75. The summed E-state index contributed by atoms with van der Waals surface area (Å²) >= 11 is 0. The van der Waals surface area contributed by atoms with Crippen molar-refractivity contribution in [3.8, 4) is 0 Å². The smallest absolute Gasteiger partial charge is 0.224 e. The van der Waals surface area contributed by atoms with Crippen molar-refractivity contribution < 1.29 is 9.90 Å². The van der Waals surface area contributed by atoms with E-state index in [0.717, 1.165) is 18.1 Å². The van der Waals surface area contributed by atoms with Crippen molar-refractivity contribution in [2.24, 2.45) is 0 Å². The SMILES string of the molecule is CCc1nccn1CCC(=O)N(C)C[C@@]1(O)CCN(c2cnccn2)C1. The van der Waals surface area contributed by atoms with Crippen molar-refractivity contribution in [2.75, 3.05) is 31.6 Å². The third-order valence-corrected chi connectivity index (χ3v) is 4.85. The molecule has 0 saturated carbocycles. The van der Waals surface area contributed by atoms with Gasteiger partial charge in [-0.05, 0) is 6.42 Å². The number of carbonyl (C=O) groups is 1. The summed E-state index contributed by atoms with van der Waals surface area (Å²) in [5.41, 5.74) is -0.925. The monoisotopic (exact) mass is 358 g/mol. The number of nitrogens with zero attached hydrogens (tertiary/aromatic N) is 6. The number of carbonyl (C=O) groups excluding carboxylic acids is 1. The van der Waals surface area contributed by atoms with E-state index in [9.17, 15) is 9.90 Å². The van der Waals surface area contributed by atoms with Gasteiger partial charge < -0.3 is 19.5 Å². The first-order valence-electron chi connectivity index (χ1n) is 8.98. The molecule has 0 unspecified atom stereocenters. The predicted octanol–water partition coefficient (Wildman–Crippen LogP) is 0.725. The minimum absolute atomic E-state index is 0.0205. The average Bonchev–Trinajstić information content (AvgIpc) is 3.26. The summed E-state index contributed by atoms with van der Waals surface area (Å²) in [6.45, 7) is 4.12. The number of anilines is 1. The number of imidazole rings is 1. The number of β-amino-alcohol motifs (C(OH)–C–C–N with tert-alkyl or cyclic N) is 1. The van der Waals surface area contributed by atoms with E-state index >= 15 is 0 Å². The fourth-order valence-electron chi connectivity index (χ4n) is 3.43. The van der Waals surface area contributed by atoms with Gasteiger partial charge in [0.25, 0.3) is 0 Å². The molecule has 8 heteroatoms. The van der Waals surface area contributed by atoms with Crippen molar-refractivity contribution >= 4 is 11.7 Å². The highest BCUT2D eigenvalue weighted by Gasteiger charge is 2.38. The van der Waals surface area contributed by atoms with E-state index in [1.807, 2.05) is 22.6 Å². The molecule has 1 saturated heterocycles. The second-order valence-corrected chi connectivity index (χ2v) is 6.85. The van der Waals surface area contributed by atoms with E-state index in [0.29, 0.717) is 39.0 Å². The Morgan fingerprint density at radius 1 is 1.35 bits per heavy atom. The molecule has 1 amide bonds. The van der Waals surface area contributed by atoms with Gasteiger partial charge in [0.05, 0.1) is 12.7 Å². The van der Waals surface area contributed by atoms with Crippen LogP contribution < -0.4 is 4.90 Å². The largest absolute Gasteiger partial charge is 0.386 e. The van der Waals surface area contributed by atoms with Crippen molar-refractivity contribution in [3.63, 3.8) is 0 Å². The molecule has 140 valence electrons. The van der Waals surface area contributed by atoms with Crippen molar-refractivity contribution in [1.82, 2.24) is 24.4 Å². The predicted molar refractivity (Wildman–Crippen MR) is 97.7 cm³/mol. The van der Waals surface area contributed by atoms with Gasteiger partial charge in [-0.3, -0.25) is 9.78 Å². The second-order valence-electron chi connectivity index (χ2n) is 6.85. The topological polar surface area (TPSA) is 87.4 Å². The van der Waals surface area contributed by atoms with Gasteiger partial charge in [0, 0.05) is 64.3 Å². The van der Waals surface area contributed by atoms with Crippen LogP contribution >= 0.6 is 0 Å². The Hall–Kier alpha value is -2.48. The normalized spacial score (nSPS) is 19.7. The average molecular weight is 358 g/mol. The van der Waals surface area contributed by atoms with Gasteiger partial charge in [-0.15, -0.1) is 0 Å². The Morgan fingerprint density at radius 3 is 2.92 bits per heavy atom. The van der Waals surface area contributed by atoms with Gasteiger partial charge in [0.1, 0.15) is 17.2 Å². The molecule has 3 heterocycles. The molecular formula is C18H26N6O2. The molecule has 1 aliphatic heterocycles. The lowest BCUT2D eigenvalue weighted by Gasteiger charge is -2.29. The highest BCUT2D eigenvalue weighted by atomic mass is 16.3. The molecular weight excluding hydrogens is 332 g/mol. The maximum Gasteiger partial charge on any atom is 0.224 e. The number of hydrogen-bond donors (Lipinski definition) is 1. The van der Waals surface area contributed by atoms with Crippen molar-refractivity contribution in [1.29, 1.82) is 0 Å². The Morgan fingerprint density at radius 2 is 2.19 bits per heavy atom. The number of hydrogen-bond acceptors (Lipinski definition) is 6. The van der Waals surface area contributed by atoms with Crippen molar-refractivity contribution in [2.45, 2.75) is 38.3 Å². The lowest BCUT2D eigenvalue weighted by molar-refractivity contribution is -0.133. The lowest BCUT2D eigenvalue weighted by Crippen LogP contribution is -2.46. The molecule has 3 rings (SSSR count). The van der Waals surface area contributed by atoms with E-state index < -0.39 is 5.60 Å². The number of amides is 1. The van der Waals surface area contributed by atoms with Crippen molar-refractivity contribution in [3.05, 3.63) is 36.8 Å². The van der Waals surface area contributed by atoms with Gasteiger partial charge >= 0.3 is 0 Å². The molecule has 8 nitrogen and oxygen atoms in total. The van der Waals surface area contributed by atoms with Crippen LogP contribution in [-0.2, 0) is 17.8 Å². The third kappa shape index (κ3) is 4.19. The number of aryl methyl sites for hydroxylation is 2. The fourth-order valence-corrected chi connectivity index (χ4v) is 3.43. The number of likely N-dealkylation sites (N-methyl/N-ethyl adjacent to an activating group) is 1. The number of aliphatic hydroxyl groups is 1. The molecule has 2 aromatic rings. The van der Waals surface area contributed by atoms with Crippen LogP contribution in [0.15, 0.2) is 31.0 Å². The maximum atomic E-state index is 12.5. The van der Waals surface area contributed by atoms with Crippen LogP contribution in [0, 0.1) is 0 Å². The molecule has 0 radical (unpaired) electrons. The van der Waals surface area contributed by atoms with Crippen LogP contribution in [-0.4, -0.2) is 67.7 Å². The van der Waals surface area contributed by atoms with Gasteiger partial charge in [-0.25, -0.2) is 9.97 Å². The number of rotatable bonds is 7. The summed E-state index contributed by atoms with van der Waals surface area (Å²) in [6.07, 6.45) is 10.5. The highest BCUT2D eigenvalue weighted by Crippen LogP contribution is 2.25. The molecule has 0 spiro atoms. The minimum atomic E-state index is -0.925. The zero-order chi connectivity index (χ0) is 18.6. The summed E-state index contributed by atoms with van der Waals surface area (Å²) in [4.78, 5) is 28.7. The molecule has 26 heavy (non-hydrogen) atoms. The Bertz CT molecular complexity index is 734. The first-order valence-corrected chi connectivity index (χ1v) is 8.98.